The molecule has 0 atom stereocenters. The standard InChI is InChI=1S/C15H19BrF3N/c16-11-8-9-13(15(17,18)19)14(10-11)20-12-6-4-2-1-3-5-7-12/h8-10,12,20H,1-7H2. The predicted octanol–water partition coefficient (Wildman–Crippen LogP) is 5.99. The van der Waals surface area contributed by atoms with Gasteiger partial charge in [-0.1, -0.05) is 48.0 Å². The first kappa shape index (κ1) is 15.7. The molecule has 1 aliphatic rings. The summed E-state index contributed by atoms with van der Waals surface area (Å²) in [5.74, 6) is 0. The minimum absolute atomic E-state index is 0.144. The summed E-state index contributed by atoms with van der Waals surface area (Å²) >= 11 is 3.25. The van der Waals surface area contributed by atoms with Crippen LogP contribution >= 0.6 is 15.9 Å². The van der Waals surface area contributed by atoms with Crippen LogP contribution in [0.25, 0.3) is 0 Å². The van der Waals surface area contributed by atoms with Crippen LogP contribution in [0.1, 0.15) is 50.5 Å². The minimum atomic E-state index is -4.31. The SMILES string of the molecule is FC(F)(F)c1ccc(Br)cc1NC1CCCCCCC1. The number of hydrogen-bond acceptors (Lipinski definition) is 1. The van der Waals surface area contributed by atoms with E-state index in [4.69, 9.17) is 0 Å². The number of alkyl halides is 3. The maximum atomic E-state index is 13.0. The van der Waals surface area contributed by atoms with Crippen molar-refractivity contribution in [3.8, 4) is 0 Å². The van der Waals surface area contributed by atoms with Crippen LogP contribution < -0.4 is 5.32 Å². The van der Waals surface area contributed by atoms with Gasteiger partial charge >= 0.3 is 6.18 Å². The van der Waals surface area contributed by atoms with Gasteiger partial charge in [0.2, 0.25) is 0 Å². The van der Waals surface area contributed by atoms with Gasteiger partial charge < -0.3 is 5.32 Å². The summed E-state index contributed by atoms with van der Waals surface area (Å²) < 4.78 is 39.7. The lowest BCUT2D eigenvalue weighted by atomic mass is 9.96. The van der Waals surface area contributed by atoms with Gasteiger partial charge in [0, 0.05) is 16.2 Å². The van der Waals surface area contributed by atoms with Gasteiger partial charge in [-0.15, -0.1) is 0 Å². The molecule has 0 amide bonds. The van der Waals surface area contributed by atoms with Gasteiger partial charge in [-0.3, -0.25) is 0 Å². The van der Waals surface area contributed by atoms with Gasteiger partial charge in [0.1, 0.15) is 0 Å². The first-order chi connectivity index (χ1) is 9.47. The van der Waals surface area contributed by atoms with E-state index < -0.39 is 11.7 Å². The molecule has 0 radical (unpaired) electrons. The number of nitrogens with one attached hydrogen (secondary N) is 1. The Hall–Kier alpha value is -0.710. The first-order valence-electron chi connectivity index (χ1n) is 7.10. The van der Waals surface area contributed by atoms with E-state index in [-0.39, 0.29) is 11.7 Å². The zero-order valence-corrected chi connectivity index (χ0v) is 12.9. The molecule has 1 aromatic carbocycles. The molecule has 0 bridgehead atoms. The van der Waals surface area contributed by atoms with Crippen molar-refractivity contribution in [1.29, 1.82) is 0 Å². The number of benzene rings is 1. The van der Waals surface area contributed by atoms with Crippen LogP contribution in [0.3, 0.4) is 0 Å². The molecule has 2 rings (SSSR count). The summed E-state index contributed by atoms with van der Waals surface area (Å²) in [6, 6.07) is 4.24. The average Bonchev–Trinajstić information content (AvgIpc) is 2.31. The monoisotopic (exact) mass is 349 g/mol. The fourth-order valence-corrected chi connectivity index (χ4v) is 3.06. The topological polar surface area (TPSA) is 12.0 Å². The lowest BCUT2D eigenvalue weighted by molar-refractivity contribution is -0.137. The average molecular weight is 350 g/mol. The van der Waals surface area contributed by atoms with Crippen LogP contribution in [-0.4, -0.2) is 6.04 Å². The molecule has 20 heavy (non-hydrogen) atoms. The van der Waals surface area contributed by atoms with Crippen LogP contribution in [0.5, 0.6) is 0 Å². The van der Waals surface area contributed by atoms with Crippen molar-refractivity contribution in [2.75, 3.05) is 5.32 Å². The van der Waals surface area contributed by atoms with Gasteiger partial charge in [-0.25, -0.2) is 0 Å². The largest absolute Gasteiger partial charge is 0.418 e. The third kappa shape index (κ3) is 4.40. The second-order valence-electron chi connectivity index (χ2n) is 5.37. The Morgan fingerprint density at radius 3 is 2.20 bits per heavy atom. The van der Waals surface area contributed by atoms with Crippen molar-refractivity contribution in [3.05, 3.63) is 28.2 Å². The summed E-state index contributed by atoms with van der Waals surface area (Å²) in [6.07, 6.45) is 3.38. The molecule has 1 aliphatic carbocycles. The molecule has 0 aliphatic heterocycles. The Kier molecular flexibility index (Phi) is 5.35. The summed E-state index contributed by atoms with van der Waals surface area (Å²) in [7, 11) is 0. The van der Waals surface area contributed by atoms with Gasteiger partial charge in [0.25, 0.3) is 0 Å². The molecule has 1 aromatic rings. The number of rotatable bonds is 2. The molecule has 0 spiro atoms. The van der Waals surface area contributed by atoms with Gasteiger partial charge in [-0.2, -0.15) is 13.2 Å². The van der Waals surface area contributed by atoms with E-state index in [0.29, 0.717) is 4.47 Å². The van der Waals surface area contributed by atoms with E-state index in [1.807, 2.05) is 0 Å². The molecule has 0 heterocycles. The Balaban J connectivity index is 2.16. The first-order valence-corrected chi connectivity index (χ1v) is 7.89. The molecule has 0 aromatic heterocycles. The van der Waals surface area contributed by atoms with E-state index in [1.54, 1.807) is 0 Å². The Morgan fingerprint density at radius 1 is 1.00 bits per heavy atom. The summed E-state index contributed by atoms with van der Waals surface area (Å²) in [6.45, 7) is 0. The Bertz CT molecular complexity index is 437. The third-order valence-electron chi connectivity index (χ3n) is 3.75. The molecule has 112 valence electrons. The maximum Gasteiger partial charge on any atom is 0.418 e. The smallest absolute Gasteiger partial charge is 0.382 e. The van der Waals surface area contributed by atoms with Gasteiger partial charge in [0.15, 0.2) is 0 Å². The summed E-state index contributed by atoms with van der Waals surface area (Å²) in [5.41, 5.74) is -0.389. The predicted molar refractivity (Wildman–Crippen MR) is 78.9 cm³/mol. The Labute approximate surface area is 126 Å². The zero-order valence-electron chi connectivity index (χ0n) is 11.3. The van der Waals surface area contributed by atoms with E-state index in [0.717, 1.165) is 31.7 Å². The highest BCUT2D eigenvalue weighted by Gasteiger charge is 2.34. The zero-order chi connectivity index (χ0) is 14.6. The van der Waals surface area contributed by atoms with Gasteiger partial charge in [0.05, 0.1) is 5.56 Å². The fourth-order valence-electron chi connectivity index (χ4n) is 2.70. The molecular formula is C15H19BrF3N. The van der Waals surface area contributed by atoms with E-state index in [1.165, 1.54) is 31.4 Å². The molecule has 5 heteroatoms. The number of hydrogen-bond donors (Lipinski definition) is 1. The number of halogens is 4. The molecule has 1 fully saturated rings. The van der Waals surface area contributed by atoms with Crippen molar-refractivity contribution in [1.82, 2.24) is 0 Å². The van der Waals surface area contributed by atoms with Crippen molar-refractivity contribution in [2.24, 2.45) is 0 Å². The molecule has 0 saturated heterocycles. The van der Waals surface area contributed by atoms with Crippen LogP contribution in [0.2, 0.25) is 0 Å². The summed E-state index contributed by atoms with van der Waals surface area (Å²) in [5, 5.41) is 3.11. The highest BCUT2D eigenvalue weighted by atomic mass is 79.9. The Morgan fingerprint density at radius 2 is 1.60 bits per heavy atom. The second-order valence-corrected chi connectivity index (χ2v) is 6.29. The maximum absolute atomic E-state index is 13.0. The van der Waals surface area contributed by atoms with Crippen LogP contribution in [-0.2, 0) is 6.18 Å². The highest BCUT2D eigenvalue weighted by molar-refractivity contribution is 9.10. The quantitative estimate of drug-likeness (QED) is 0.691. The van der Waals surface area contributed by atoms with Crippen LogP contribution in [0, 0.1) is 0 Å². The lowest BCUT2D eigenvalue weighted by Gasteiger charge is -2.24. The lowest BCUT2D eigenvalue weighted by Crippen LogP contribution is -2.22. The molecule has 1 saturated carbocycles. The van der Waals surface area contributed by atoms with E-state index in [9.17, 15) is 13.2 Å². The van der Waals surface area contributed by atoms with Crippen molar-refractivity contribution in [2.45, 2.75) is 57.2 Å². The molecule has 1 nitrogen and oxygen atoms in total. The summed E-state index contributed by atoms with van der Waals surface area (Å²) in [4.78, 5) is 0. The van der Waals surface area contributed by atoms with Crippen LogP contribution in [0.4, 0.5) is 18.9 Å². The molecule has 0 unspecified atom stereocenters. The number of anilines is 1. The van der Waals surface area contributed by atoms with Gasteiger partial charge in [-0.05, 0) is 31.0 Å². The fraction of sp³-hybridized carbons (Fsp3) is 0.600. The third-order valence-corrected chi connectivity index (χ3v) is 4.25. The normalized spacial score (nSPS) is 18.4. The van der Waals surface area contributed by atoms with Crippen molar-refractivity contribution >= 4 is 21.6 Å². The minimum Gasteiger partial charge on any atom is -0.382 e. The van der Waals surface area contributed by atoms with E-state index >= 15 is 0 Å². The highest BCUT2D eigenvalue weighted by Crippen LogP contribution is 2.37. The molecule has 1 N–H and O–H groups in total. The van der Waals surface area contributed by atoms with Crippen molar-refractivity contribution in [3.63, 3.8) is 0 Å². The van der Waals surface area contributed by atoms with E-state index in [2.05, 4.69) is 21.2 Å². The van der Waals surface area contributed by atoms with Crippen molar-refractivity contribution < 1.29 is 13.2 Å². The molecular weight excluding hydrogens is 331 g/mol. The second kappa shape index (κ2) is 6.83. The van der Waals surface area contributed by atoms with Crippen LogP contribution in [0.15, 0.2) is 22.7 Å².